The lowest BCUT2D eigenvalue weighted by atomic mass is 10.00. The highest BCUT2D eigenvalue weighted by Gasteiger charge is 2.43. The van der Waals surface area contributed by atoms with Crippen LogP contribution in [0.3, 0.4) is 0 Å². The molecule has 0 radical (unpaired) electrons. The van der Waals surface area contributed by atoms with Gasteiger partial charge in [0.25, 0.3) is 0 Å². The van der Waals surface area contributed by atoms with Gasteiger partial charge >= 0.3 is 0 Å². The van der Waals surface area contributed by atoms with Gasteiger partial charge in [0.1, 0.15) is 24.1 Å². The Balaban J connectivity index is 1.81. The summed E-state index contributed by atoms with van der Waals surface area (Å²) >= 11 is 0. The van der Waals surface area contributed by atoms with E-state index in [4.69, 9.17) is 9.47 Å². The molecule has 0 bridgehead atoms. The second-order valence-electron chi connectivity index (χ2n) is 5.31. The molecule has 5 atom stereocenters. The second kappa shape index (κ2) is 5.61. The zero-order valence-electron chi connectivity index (χ0n) is 11.6. The molecule has 0 saturated carbocycles. The van der Waals surface area contributed by atoms with E-state index in [2.05, 4.69) is 0 Å². The number of aliphatic hydroxyl groups is 3. The van der Waals surface area contributed by atoms with Crippen molar-refractivity contribution in [2.45, 2.75) is 37.6 Å². The van der Waals surface area contributed by atoms with E-state index < -0.39 is 30.7 Å². The van der Waals surface area contributed by atoms with Gasteiger partial charge in [-0.2, -0.15) is 0 Å². The maximum atomic E-state index is 9.94. The van der Waals surface area contributed by atoms with Gasteiger partial charge in [0, 0.05) is 0 Å². The molecular formula is C16H18O5. The lowest BCUT2D eigenvalue weighted by Crippen LogP contribution is -2.58. The summed E-state index contributed by atoms with van der Waals surface area (Å²) in [4.78, 5) is 0. The Bertz CT molecular complexity index is 629. The number of hydrogen-bond acceptors (Lipinski definition) is 5. The highest BCUT2D eigenvalue weighted by molar-refractivity contribution is 5.83. The van der Waals surface area contributed by atoms with Gasteiger partial charge in [-0.05, 0) is 29.8 Å². The van der Waals surface area contributed by atoms with E-state index in [0.29, 0.717) is 5.75 Å². The van der Waals surface area contributed by atoms with Crippen LogP contribution in [-0.2, 0) is 4.74 Å². The van der Waals surface area contributed by atoms with Crippen LogP contribution < -0.4 is 4.74 Å². The third kappa shape index (κ3) is 2.73. The first-order valence-electron chi connectivity index (χ1n) is 6.91. The van der Waals surface area contributed by atoms with E-state index in [-0.39, 0.29) is 0 Å². The fourth-order valence-corrected chi connectivity index (χ4v) is 2.49. The molecule has 0 amide bonds. The summed E-state index contributed by atoms with van der Waals surface area (Å²) in [5.41, 5.74) is 0. The Labute approximate surface area is 122 Å². The number of fused-ring (bicyclic) bond motifs is 1. The average Bonchev–Trinajstić information content (AvgIpc) is 2.50. The van der Waals surface area contributed by atoms with E-state index in [1.807, 2.05) is 36.4 Å². The second-order valence-corrected chi connectivity index (χ2v) is 5.31. The minimum Gasteiger partial charge on any atom is -0.462 e. The maximum Gasteiger partial charge on any atom is 0.229 e. The minimum atomic E-state index is -1.30. The predicted molar refractivity (Wildman–Crippen MR) is 76.9 cm³/mol. The third-order valence-electron chi connectivity index (χ3n) is 3.78. The van der Waals surface area contributed by atoms with Crippen molar-refractivity contribution in [3.8, 4) is 5.75 Å². The fourth-order valence-electron chi connectivity index (χ4n) is 2.49. The molecule has 3 N–H and O–H groups in total. The normalized spacial score (nSPS) is 33.0. The predicted octanol–water partition coefficient (Wildman–Crippen LogP) is 1.05. The molecule has 0 aromatic heterocycles. The fraction of sp³-hybridized carbons (Fsp3) is 0.375. The summed E-state index contributed by atoms with van der Waals surface area (Å²) < 4.78 is 11.0. The number of benzene rings is 2. The zero-order chi connectivity index (χ0) is 15.0. The summed E-state index contributed by atoms with van der Waals surface area (Å²) in [5, 5.41) is 31.5. The van der Waals surface area contributed by atoms with E-state index >= 15 is 0 Å². The Kier molecular flexibility index (Phi) is 3.82. The molecule has 1 fully saturated rings. The van der Waals surface area contributed by atoms with E-state index in [9.17, 15) is 15.3 Å². The van der Waals surface area contributed by atoms with Crippen LogP contribution in [0, 0.1) is 0 Å². The van der Waals surface area contributed by atoms with Crippen LogP contribution in [0.2, 0.25) is 0 Å². The SMILES string of the molecule is C[C@H]1O[C@@H](Oc2ccc3ccccc3c2)[C@H](O)[C@@H](O)[C@@H]1O. The summed E-state index contributed by atoms with van der Waals surface area (Å²) in [7, 11) is 0. The first-order chi connectivity index (χ1) is 10.1. The Morgan fingerprint density at radius 1 is 0.905 bits per heavy atom. The number of rotatable bonds is 2. The van der Waals surface area contributed by atoms with Crippen LogP contribution in [0.5, 0.6) is 5.75 Å². The molecule has 1 heterocycles. The largest absolute Gasteiger partial charge is 0.462 e. The van der Waals surface area contributed by atoms with Crippen molar-refractivity contribution < 1.29 is 24.8 Å². The van der Waals surface area contributed by atoms with Gasteiger partial charge in [-0.1, -0.05) is 30.3 Å². The molecular weight excluding hydrogens is 272 g/mol. The van der Waals surface area contributed by atoms with Crippen molar-refractivity contribution in [3.05, 3.63) is 42.5 Å². The molecule has 0 spiro atoms. The highest BCUT2D eigenvalue weighted by Crippen LogP contribution is 2.26. The molecule has 112 valence electrons. The van der Waals surface area contributed by atoms with Crippen LogP contribution in [0.1, 0.15) is 6.92 Å². The van der Waals surface area contributed by atoms with Gasteiger partial charge in [-0.3, -0.25) is 0 Å². The van der Waals surface area contributed by atoms with Crippen molar-refractivity contribution in [2.75, 3.05) is 0 Å². The lowest BCUT2D eigenvalue weighted by molar-refractivity contribution is -0.268. The van der Waals surface area contributed by atoms with Crippen LogP contribution in [0.15, 0.2) is 42.5 Å². The summed E-state index contributed by atoms with van der Waals surface area (Å²) in [6.07, 6.45) is -5.35. The Morgan fingerprint density at radius 2 is 1.62 bits per heavy atom. The molecule has 2 aromatic carbocycles. The summed E-state index contributed by atoms with van der Waals surface area (Å²) in [5.74, 6) is 0.536. The van der Waals surface area contributed by atoms with Crippen LogP contribution >= 0.6 is 0 Å². The van der Waals surface area contributed by atoms with Crippen LogP contribution in [0.25, 0.3) is 10.8 Å². The smallest absolute Gasteiger partial charge is 0.229 e. The van der Waals surface area contributed by atoms with Crippen LogP contribution in [-0.4, -0.2) is 46.0 Å². The number of ether oxygens (including phenoxy) is 2. The van der Waals surface area contributed by atoms with Crippen molar-refractivity contribution in [1.82, 2.24) is 0 Å². The van der Waals surface area contributed by atoms with Gasteiger partial charge in [0.05, 0.1) is 6.10 Å². The Hall–Kier alpha value is -1.66. The summed E-state index contributed by atoms with van der Waals surface area (Å²) in [6.45, 7) is 1.62. The lowest BCUT2D eigenvalue weighted by Gasteiger charge is -2.38. The first kappa shape index (κ1) is 14.3. The van der Waals surface area contributed by atoms with Crippen molar-refractivity contribution in [3.63, 3.8) is 0 Å². The molecule has 5 nitrogen and oxygen atoms in total. The van der Waals surface area contributed by atoms with Crippen molar-refractivity contribution in [1.29, 1.82) is 0 Å². The van der Waals surface area contributed by atoms with E-state index in [1.54, 1.807) is 13.0 Å². The van der Waals surface area contributed by atoms with E-state index in [0.717, 1.165) is 10.8 Å². The molecule has 0 aliphatic carbocycles. The van der Waals surface area contributed by atoms with Gasteiger partial charge in [-0.15, -0.1) is 0 Å². The zero-order valence-corrected chi connectivity index (χ0v) is 11.6. The minimum absolute atomic E-state index is 0.536. The molecule has 0 unspecified atom stereocenters. The third-order valence-corrected chi connectivity index (χ3v) is 3.78. The first-order valence-corrected chi connectivity index (χ1v) is 6.91. The number of hydrogen-bond donors (Lipinski definition) is 3. The highest BCUT2D eigenvalue weighted by atomic mass is 16.7. The van der Waals surface area contributed by atoms with Crippen LogP contribution in [0.4, 0.5) is 0 Å². The van der Waals surface area contributed by atoms with Gasteiger partial charge in [0.2, 0.25) is 6.29 Å². The molecule has 5 heteroatoms. The van der Waals surface area contributed by atoms with Gasteiger partial charge in [-0.25, -0.2) is 0 Å². The standard InChI is InChI=1S/C16H18O5/c1-9-13(17)14(18)15(19)16(20-9)21-12-7-6-10-4-2-3-5-11(10)8-12/h2-9,13-19H,1H3/t9-,13-,14+,15-,16+/m1/s1. The van der Waals surface area contributed by atoms with Gasteiger partial charge < -0.3 is 24.8 Å². The van der Waals surface area contributed by atoms with Gasteiger partial charge in [0.15, 0.2) is 0 Å². The quantitative estimate of drug-likeness (QED) is 0.770. The summed E-state index contributed by atoms with van der Waals surface area (Å²) in [6, 6.07) is 13.4. The number of aliphatic hydroxyl groups excluding tert-OH is 3. The maximum absolute atomic E-state index is 9.94. The average molecular weight is 290 g/mol. The molecule has 1 saturated heterocycles. The molecule has 1 aliphatic heterocycles. The van der Waals surface area contributed by atoms with Crippen molar-refractivity contribution in [2.24, 2.45) is 0 Å². The molecule has 21 heavy (non-hydrogen) atoms. The monoisotopic (exact) mass is 290 g/mol. The molecule has 2 aromatic rings. The topological polar surface area (TPSA) is 79.2 Å². The van der Waals surface area contributed by atoms with Crippen molar-refractivity contribution >= 4 is 10.8 Å². The molecule has 1 aliphatic rings. The Morgan fingerprint density at radius 3 is 2.38 bits per heavy atom. The van der Waals surface area contributed by atoms with E-state index in [1.165, 1.54) is 0 Å². The molecule has 3 rings (SSSR count).